The zero-order chi connectivity index (χ0) is 16.1. The Bertz CT molecular complexity index is 1070. The van der Waals surface area contributed by atoms with Gasteiger partial charge in [0.1, 0.15) is 11.6 Å². The maximum Gasteiger partial charge on any atom is 0.145 e. The minimum Gasteiger partial charge on any atom is -0.289 e. The maximum atomic E-state index is 13.8. The second-order valence-electron chi connectivity index (χ2n) is 5.55. The van der Waals surface area contributed by atoms with Crippen molar-refractivity contribution in [3.63, 3.8) is 0 Å². The molecule has 0 spiro atoms. The summed E-state index contributed by atoms with van der Waals surface area (Å²) in [6.07, 6.45) is 0. The SMILES string of the molecule is Cc1nc(-c2cccc(Cl)c2)n2c1c(C)nc1ccc(F)cc12. The van der Waals surface area contributed by atoms with Crippen LogP contribution in [0.25, 0.3) is 27.9 Å². The highest BCUT2D eigenvalue weighted by molar-refractivity contribution is 6.30. The number of hydrogen-bond acceptors (Lipinski definition) is 2. The molecule has 0 amide bonds. The van der Waals surface area contributed by atoms with Gasteiger partial charge in [0.05, 0.1) is 27.9 Å². The molecule has 0 fully saturated rings. The van der Waals surface area contributed by atoms with Crippen LogP contribution in [-0.4, -0.2) is 14.4 Å². The topological polar surface area (TPSA) is 30.2 Å². The lowest BCUT2D eigenvalue weighted by molar-refractivity contribution is 0.629. The third kappa shape index (κ3) is 2.18. The van der Waals surface area contributed by atoms with Crippen molar-refractivity contribution in [1.82, 2.24) is 14.4 Å². The van der Waals surface area contributed by atoms with Crippen LogP contribution in [0.15, 0.2) is 42.5 Å². The summed E-state index contributed by atoms with van der Waals surface area (Å²) in [4.78, 5) is 9.26. The van der Waals surface area contributed by atoms with E-state index in [1.54, 1.807) is 6.07 Å². The summed E-state index contributed by atoms with van der Waals surface area (Å²) in [5.74, 6) is 0.439. The molecule has 0 N–H and O–H groups in total. The third-order valence-electron chi connectivity index (χ3n) is 3.94. The molecule has 0 bridgehead atoms. The molecular weight excluding hydrogens is 313 g/mol. The number of aromatic nitrogens is 3. The van der Waals surface area contributed by atoms with Crippen molar-refractivity contribution < 1.29 is 4.39 Å². The largest absolute Gasteiger partial charge is 0.289 e. The zero-order valence-corrected chi connectivity index (χ0v) is 13.4. The number of aryl methyl sites for hydroxylation is 2. The summed E-state index contributed by atoms with van der Waals surface area (Å²) in [5.41, 5.74) is 4.94. The van der Waals surface area contributed by atoms with Gasteiger partial charge in [0.15, 0.2) is 0 Å². The van der Waals surface area contributed by atoms with Crippen LogP contribution in [0.1, 0.15) is 11.4 Å². The summed E-state index contributed by atoms with van der Waals surface area (Å²) < 4.78 is 15.7. The summed E-state index contributed by atoms with van der Waals surface area (Å²) in [6.45, 7) is 3.87. The molecule has 0 saturated carbocycles. The van der Waals surface area contributed by atoms with Gasteiger partial charge in [0.2, 0.25) is 0 Å². The second kappa shape index (κ2) is 5.03. The Balaban J connectivity index is 2.21. The number of nitrogens with zero attached hydrogens (tertiary/aromatic N) is 3. The molecular formula is C18H13ClFN3. The Morgan fingerprint density at radius 1 is 1.00 bits per heavy atom. The molecule has 2 heterocycles. The Labute approximate surface area is 137 Å². The van der Waals surface area contributed by atoms with Gasteiger partial charge in [-0.05, 0) is 38.1 Å². The molecule has 0 saturated heterocycles. The molecule has 0 aliphatic heterocycles. The predicted molar refractivity (Wildman–Crippen MR) is 90.4 cm³/mol. The van der Waals surface area contributed by atoms with Crippen LogP contribution in [0.3, 0.4) is 0 Å². The first kappa shape index (κ1) is 14.2. The third-order valence-corrected chi connectivity index (χ3v) is 4.18. The Kier molecular flexibility index (Phi) is 3.10. The molecule has 5 heteroatoms. The fourth-order valence-corrected chi connectivity index (χ4v) is 3.20. The number of imidazole rings is 1. The molecule has 0 aliphatic carbocycles. The number of halogens is 2. The van der Waals surface area contributed by atoms with E-state index in [0.29, 0.717) is 10.5 Å². The molecule has 0 atom stereocenters. The predicted octanol–water partition coefficient (Wildman–Crippen LogP) is 4.96. The van der Waals surface area contributed by atoms with E-state index >= 15 is 0 Å². The fraction of sp³-hybridized carbons (Fsp3) is 0.111. The van der Waals surface area contributed by atoms with Crippen LogP contribution in [0.5, 0.6) is 0 Å². The van der Waals surface area contributed by atoms with Crippen molar-refractivity contribution >= 4 is 28.2 Å². The molecule has 4 rings (SSSR count). The summed E-state index contributed by atoms with van der Waals surface area (Å²) in [7, 11) is 0. The Morgan fingerprint density at radius 2 is 1.78 bits per heavy atom. The minimum atomic E-state index is -0.298. The molecule has 3 nitrogen and oxygen atoms in total. The lowest BCUT2D eigenvalue weighted by atomic mass is 10.2. The van der Waals surface area contributed by atoms with Crippen molar-refractivity contribution in [2.45, 2.75) is 13.8 Å². The van der Waals surface area contributed by atoms with Gasteiger partial charge in [0, 0.05) is 16.7 Å². The van der Waals surface area contributed by atoms with Gasteiger partial charge in [-0.1, -0.05) is 23.7 Å². The van der Waals surface area contributed by atoms with Crippen LogP contribution < -0.4 is 0 Å². The average Bonchev–Trinajstić information content (AvgIpc) is 2.87. The van der Waals surface area contributed by atoms with Gasteiger partial charge in [-0.25, -0.2) is 14.4 Å². The number of benzene rings is 2. The van der Waals surface area contributed by atoms with Crippen molar-refractivity contribution in [3.05, 3.63) is 64.7 Å². The van der Waals surface area contributed by atoms with E-state index in [1.165, 1.54) is 12.1 Å². The molecule has 0 radical (unpaired) electrons. The van der Waals surface area contributed by atoms with E-state index in [1.807, 2.05) is 42.5 Å². The molecule has 2 aromatic heterocycles. The minimum absolute atomic E-state index is 0.298. The fourth-order valence-electron chi connectivity index (χ4n) is 3.01. The van der Waals surface area contributed by atoms with Gasteiger partial charge in [-0.2, -0.15) is 0 Å². The van der Waals surface area contributed by atoms with E-state index in [-0.39, 0.29) is 5.82 Å². The van der Waals surface area contributed by atoms with Crippen molar-refractivity contribution in [2.24, 2.45) is 0 Å². The highest BCUT2D eigenvalue weighted by Gasteiger charge is 2.16. The highest BCUT2D eigenvalue weighted by atomic mass is 35.5. The summed E-state index contributed by atoms with van der Waals surface area (Å²) in [6, 6.07) is 12.1. The van der Waals surface area contributed by atoms with Gasteiger partial charge >= 0.3 is 0 Å². The second-order valence-corrected chi connectivity index (χ2v) is 5.98. The standard InChI is InChI=1S/C18H13ClFN3/c1-10-17-11(2)22-18(12-4-3-5-13(19)8-12)23(17)16-9-14(20)6-7-15(16)21-10/h3-9H,1-2H3. The van der Waals surface area contributed by atoms with E-state index in [0.717, 1.165) is 33.8 Å². The monoisotopic (exact) mass is 325 g/mol. The number of rotatable bonds is 1. The van der Waals surface area contributed by atoms with E-state index < -0.39 is 0 Å². The van der Waals surface area contributed by atoms with Crippen LogP contribution in [0.2, 0.25) is 5.02 Å². The van der Waals surface area contributed by atoms with E-state index in [4.69, 9.17) is 11.6 Å². The van der Waals surface area contributed by atoms with Crippen molar-refractivity contribution in [1.29, 1.82) is 0 Å². The Morgan fingerprint density at radius 3 is 2.57 bits per heavy atom. The molecule has 2 aromatic carbocycles. The van der Waals surface area contributed by atoms with Gasteiger partial charge in [0.25, 0.3) is 0 Å². The maximum absolute atomic E-state index is 13.8. The number of hydrogen-bond donors (Lipinski definition) is 0. The van der Waals surface area contributed by atoms with Gasteiger partial charge < -0.3 is 0 Å². The Hall–Kier alpha value is -2.46. The smallest absolute Gasteiger partial charge is 0.145 e. The van der Waals surface area contributed by atoms with Crippen molar-refractivity contribution in [2.75, 3.05) is 0 Å². The molecule has 114 valence electrons. The van der Waals surface area contributed by atoms with Crippen LogP contribution in [0, 0.1) is 19.7 Å². The average molecular weight is 326 g/mol. The zero-order valence-electron chi connectivity index (χ0n) is 12.6. The highest BCUT2D eigenvalue weighted by Crippen LogP contribution is 2.29. The summed E-state index contributed by atoms with van der Waals surface area (Å²) >= 11 is 6.12. The molecule has 23 heavy (non-hydrogen) atoms. The molecule has 0 aliphatic rings. The first-order valence-corrected chi connectivity index (χ1v) is 7.63. The van der Waals surface area contributed by atoms with Gasteiger partial charge in [-0.3, -0.25) is 4.40 Å². The van der Waals surface area contributed by atoms with Crippen LogP contribution >= 0.6 is 11.6 Å². The van der Waals surface area contributed by atoms with Crippen LogP contribution in [0.4, 0.5) is 4.39 Å². The first-order chi connectivity index (χ1) is 11.0. The lowest BCUT2D eigenvalue weighted by Gasteiger charge is -2.08. The van der Waals surface area contributed by atoms with E-state index in [2.05, 4.69) is 9.97 Å². The molecule has 4 aromatic rings. The van der Waals surface area contributed by atoms with Gasteiger partial charge in [-0.15, -0.1) is 0 Å². The van der Waals surface area contributed by atoms with E-state index in [9.17, 15) is 4.39 Å². The normalized spacial score (nSPS) is 11.5. The first-order valence-electron chi connectivity index (χ1n) is 7.25. The van der Waals surface area contributed by atoms with Crippen LogP contribution in [-0.2, 0) is 0 Å². The molecule has 0 unspecified atom stereocenters. The number of fused-ring (bicyclic) bond motifs is 3. The quantitative estimate of drug-likeness (QED) is 0.495. The lowest BCUT2D eigenvalue weighted by Crippen LogP contribution is -1.98. The van der Waals surface area contributed by atoms with Crippen molar-refractivity contribution in [3.8, 4) is 11.4 Å². The summed E-state index contributed by atoms with van der Waals surface area (Å²) in [5, 5.41) is 0.637.